The van der Waals surface area contributed by atoms with Crippen molar-refractivity contribution in [2.45, 2.75) is 44.9 Å². The van der Waals surface area contributed by atoms with Gasteiger partial charge in [-0.2, -0.15) is 0 Å². The van der Waals surface area contributed by atoms with Crippen LogP contribution in [0.25, 0.3) is 11.1 Å². The zero-order valence-corrected chi connectivity index (χ0v) is 14.1. The molecular formula is C16H23ClN4O2. The van der Waals surface area contributed by atoms with E-state index in [4.69, 9.17) is 10.3 Å². The van der Waals surface area contributed by atoms with Gasteiger partial charge in [-0.15, -0.1) is 12.4 Å². The van der Waals surface area contributed by atoms with Crippen LogP contribution in [0.3, 0.4) is 0 Å². The molecule has 0 saturated heterocycles. The van der Waals surface area contributed by atoms with Crippen molar-refractivity contribution >= 4 is 29.4 Å². The summed E-state index contributed by atoms with van der Waals surface area (Å²) < 4.78 is 5.38. The molecule has 6 nitrogen and oxygen atoms in total. The van der Waals surface area contributed by atoms with Gasteiger partial charge in [0.1, 0.15) is 0 Å². The van der Waals surface area contributed by atoms with E-state index in [1.165, 1.54) is 0 Å². The van der Waals surface area contributed by atoms with Crippen LogP contribution in [0.15, 0.2) is 10.6 Å². The van der Waals surface area contributed by atoms with E-state index in [1.54, 1.807) is 0 Å². The van der Waals surface area contributed by atoms with Crippen molar-refractivity contribution in [2.75, 3.05) is 13.1 Å². The molecule has 0 atom stereocenters. The minimum Gasteiger partial charge on any atom is -0.352 e. The van der Waals surface area contributed by atoms with Crippen LogP contribution in [0, 0.1) is 0 Å². The van der Waals surface area contributed by atoms with Crippen LogP contribution in [-0.2, 0) is 6.42 Å². The number of carbonyl (C=O) groups excluding carboxylic acids is 1. The SMILES string of the molecule is CCCc1noc2nc(C3CC3)cc(C(=O)NCCCN)c12.Cl. The largest absolute Gasteiger partial charge is 0.352 e. The van der Waals surface area contributed by atoms with Crippen molar-refractivity contribution in [2.24, 2.45) is 5.73 Å². The van der Waals surface area contributed by atoms with Crippen molar-refractivity contribution in [3.05, 3.63) is 23.0 Å². The first-order chi connectivity index (χ1) is 10.7. The van der Waals surface area contributed by atoms with E-state index in [1.807, 2.05) is 6.07 Å². The van der Waals surface area contributed by atoms with Gasteiger partial charge in [0.05, 0.1) is 16.6 Å². The zero-order valence-electron chi connectivity index (χ0n) is 13.3. The number of rotatable bonds is 7. The lowest BCUT2D eigenvalue weighted by Crippen LogP contribution is -2.26. The lowest BCUT2D eigenvalue weighted by Gasteiger charge is -2.07. The van der Waals surface area contributed by atoms with Crippen LogP contribution in [0.1, 0.15) is 60.3 Å². The van der Waals surface area contributed by atoms with Gasteiger partial charge in [-0.05, 0) is 38.3 Å². The molecule has 1 aliphatic carbocycles. The molecule has 3 rings (SSSR count). The smallest absolute Gasteiger partial charge is 0.259 e. The fourth-order valence-electron chi connectivity index (χ4n) is 2.60. The van der Waals surface area contributed by atoms with E-state index >= 15 is 0 Å². The van der Waals surface area contributed by atoms with Gasteiger partial charge in [0.15, 0.2) is 0 Å². The molecule has 1 saturated carbocycles. The summed E-state index contributed by atoms with van der Waals surface area (Å²) >= 11 is 0. The summed E-state index contributed by atoms with van der Waals surface area (Å²) in [7, 11) is 0. The molecule has 23 heavy (non-hydrogen) atoms. The Hall–Kier alpha value is -1.66. The third-order valence-corrected chi connectivity index (χ3v) is 3.93. The summed E-state index contributed by atoms with van der Waals surface area (Å²) in [5.74, 6) is 0.364. The van der Waals surface area contributed by atoms with Gasteiger partial charge < -0.3 is 15.6 Å². The molecule has 2 aromatic heterocycles. The van der Waals surface area contributed by atoms with Gasteiger partial charge in [-0.3, -0.25) is 4.79 Å². The van der Waals surface area contributed by atoms with E-state index in [9.17, 15) is 4.79 Å². The highest BCUT2D eigenvalue weighted by atomic mass is 35.5. The zero-order chi connectivity index (χ0) is 15.5. The van der Waals surface area contributed by atoms with Gasteiger partial charge in [0.2, 0.25) is 0 Å². The Morgan fingerprint density at radius 1 is 1.48 bits per heavy atom. The number of aryl methyl sites for hydroxylation is 1. The Morgan fingerprint density at radius 3 is 2.91 bits per heavy atom. The third kappa shape index (κ3) is 3.82. The molecule has 0 bridgehead atoms. The average molecular weight is 339 g/mol. The molecule has 2 aromatic rings. The standard InChI is InChI=1S/C16H22N4O2.ClH/c1-2-4-12-14-11(15(21)18-8-3-7-17)9-13(10-5-6-10)19-16(14)22-20-12;/h9-10H,2-8,17H2,1H3,(H,18,21);1H. The summed E-state index contributed by atoms with van der Waals surface area (Å²) in [6, 6.07) is 1.91. The fourth-order valence-corrected chi connectivity index (χ4v) is 2.60. The summed E-state index contributed by atoms with van der Waals surface area (Å²) in [4.78, 5) is 17.1. The highest BCUT2D eigenvalue weighted by molar-refractivity contribution is 6.06. The van der Waals surface area contributed by atoms with Gasteiger partial charge in [0, 0.05) is 18.2 Å². The number of fused-ring (bicyclic) bond motifs is 1. The first kappa shape index (κ1) is 17.7. The normalized spacial score (nSPS) is 13.8. The van der Waals surface area contributed by atoms with E-state index in [0.717, 1.165) is 48.9 Å². The first-order valence-corrected chi connectivity index (χ1v) is 8.02. The number of hydrogen-bond acceptors (Lipinski definition) is 5. The molecule has 0 unspecified atom stereocenters. The minimum absolute atomic E-state index is 0. The molecule has 126 valence electrons. The Kier molecular flexibility index (Phi) is 5.96. The fraction of sp³-hybridized carbons (Fsp3) is 0.562. The molecule has 0 aliphatic heterocycles. The van der Waals surface area contributed by atoms with Gasteiger partial charge >= 0.3 is 0 Å². The minimum atomic E-state index is -0.0942. The molecule has 0 radical (unpaired) electrons. The van der Waals surface area contributed by atoms with Gasteiger partial charge in [-0.25, -0.2) is 4.98 Å². The second-order valence-corrected chi connectivity index (χ2v) is 5.83. The van der Waals surface area contributed by atoms with E-state index in [2.05, 4.69) is 22.4 Å². The second-order valence-electron chi connectivity index (χ2n) is 5.83. The summed E-state index contributed by atoms with van der Waals surface area (Å²) in [5.41, 5.74) is 8.35. The molecule has 0 spiro atoms. The Labute approximate surface area is 141 Å². The van der Waals surface area contributed by atoms with Crippen LogP contribution in [0.4, 0.5) is 0 Å². The highest BCUT2D eigenvalue weighted by Crippen LogP contribution is 2.40. The number of halogens is 1. The predicted octanol–water partition coefficient (Wildman–Crippen LogP) is 2.55. The maximum absolute atomic E-state index is 12.5. The van der Waals surface area contributed by atoms with Crippen LogP contribution in [-0.4, -0.2) is 29.1 Å². The summed E-state index contributed by atoms with van der Waals surface area (Å²) in [5, 5.41) is 7.79. The molecule has 1 fully saturated rings. The van der Waals surface area contributed by atoms with Crippen LogP contribution < -0.4 is 11.1 Å². The Morgan fingerprint density at radius 2 is 2.26 bits per heavy atom. The van der Waals surface area contributed by atoms with Crippen LogP contribution in [0.2, 0.25) is 0 Å². The van der Waals surface area contributed by atoms with Crippen LogP contribution in [0.5, 0.6) is 0 Å². The molecule has 2 heterocycles. The average Bonchev–Trinajstić information content (AvgIpc) is 3.29. The van der Waals surface area contributed by atoms with Crippen LogP contribution >= 0.6 is 12.4 Å². The topological polar surface area (TPSA) is 94.0 Å². The number of hydrogen-bond donors (Lipinski definition) is 2. The highest BCUT2D eigenvalue weighted by Gasteiger charge is 2.28. The van der Waals surface area contributed by atoms with Crippen molar-refractivity contribution < 1.29 is 9.32 Å². The lowest BCUT2D eigenvalue weighted by atomic mass is 10.0. The van der Waals surface area contributed by atoms with Gasteiger partial charge in [0.25, 0.3) is 11.6 Å². The molecule has 7 heteroatoms. The maximum Gasteiger partial charge on any atom is 0.259 e. The summed E-state index contributed by atoms with van der Waals surface area (Å²) in [6.45, 7) is 3.22. The van der Waals surface area contributed by atoms with Crippen molar-refractivity contribution in [1.82, 2.24) is 15.5 Å². The number of carbonyl (C=O) groups is 1. The van der Waals surface area contributed by atoms with E-state index in [-0.39, 0.29) is 18.3 Å². The third-order valence-electron chi connectivity index (χ3n) is 3.93. The van der Waals surface area contributed by atoms with E-state index < -0.39 is 0 Å². The maximum atomic E-state index is 12.5. The molecule has 0 aromatic carbocycles. The number of nitrogens with two attached hydrogens (primary N) is 1. The second kappa shape index (κ2) is 7.75. The molecule has 1 amide bonds. The van der Waals surface area contributed by atoms with Crippen molar-refractivity contribution in [3.63, 3.8) is 0 Å². The van der Waals surface area contributed by atoms with Crippen molar-refractivity contribution in [1.29, 1.82) is 0 Å². The monoisotopic (exact) mass is 338 g/mol. The molecule has 3 N–H and O–H groups in total. The quantitative estimate of drug-likeness (QED) is 0.756. The summed E-state index contributed by atoms with van der Waals surface area (Å²) in [6.07, 6.45) is 4.74. The predicted molar refractivity (Wildman–Crippen MR) is 91.0 cm³/mol. The van der Waals surface area contributed by atoms with Crippen molar-refractivity contribution in [3.8, 4) is 0 Å². The lowest BCUT2D eigenvalue weighted by molar-refractivity contribution is 0.0955. The Balaban J connectivity index is 0.00000192. The number of amides is 1. The number of nitrogens with one attached hydrogen (secondary N) is 1. The first-order valence-electron chi connectivity index (χ1n) is 8.02. The number of pyridine rings is 1. The molecular weight excluding hydrogens is 316 g/mol. The van der Waals surface area contributed by atoms with Gasteiger partial charge in [-0.1, -0.05) is 18.5 Å². The Bertz CT molecular complexity index is 682. The van der Waals surface area contributed by atoms with E-state index in [0.29, 0.717) is 30.3 Å². The molecule has 1 aliphatic rings. The number of nitrogens with zero attached hydrogens (tertiary/aromatic N) is 2. The number of aromatic nitrogens is 2.